The highest BCUT2D eigenvalue weighted by Crippen LogP contribution is 2.22. The van der Waals surface area contributed by atoms with E-state index in [-0.39, 0.29) is 30.7 Å². The Hall–Kier alpha value is -0.970. The van der Waals surface area contributed by atoms with Crippen molar-refractivity contribution in [1.29, 1.82) is 0 Å². The molecular formula is C20H33Cl2N3O. The molecule has 2 saturated heterocycles. The Kier molecular flexibility index (Phi) is 9.77. The molecule has 2 N–H and O–H groups in total. The highest BCUT2D eigenvalue weighted by atomic mass is 35.5. The Morgan fingerprint density at radius 3 is 2.38 bits per heavy atom. The average Bonchev–Trinajstić information content (AvgIpc) is 2.59. The number of amides is 1. The maximum absolute atomic E-state index is 12.6. The first kappa shape index (κ1) is 23.1. The van der Waals surface area contributed by atoms with Crippen LogP contribution in [-0.2, 0) is 11.2 Å². The molecule has 0 bridgehead atoms. The first-order valence-electron chi connectivity index (χ1n) is 9.44. The van der Waals surface area contributed by atoms with Gasteiger partial charge in [-0.25, -0.2) is 0 Å². The van der Waals surface area contributed by atoms with E-state index >= 15 is 0 Å². The molecule has 2 aliphatic rings. The Labute approximate surface area is 170 Å². The second kappa shape index (κ2) is 11.0. The SMILES string of the molecule is CC1CCN(CC2CCCN(C(=O)Cc3ccc(N)cc3)C2)CC1.Cl.Cl. The van der Waals surface area contributed by atoms with E-state index in [1.807, 2.05) is 24.3 Å². The van der Waals surface area contributed by atoms with Crippen LogP contribution in [0.5, 0.6) is 0 Å². The fourth-order valence-corrected chi connectivity index (χ4v) is 3.97. The lowest BCUT2D eigenvalue weighted by Gasteiger charge is -2.38. The number of carbonyl (C=O) groups is 1. The van der Waals surface area contributed by atoms with Crippen molar-refractivity contribution in [3.05, 3.63) is 29.8 Å². The van der Waals surface area contributed by atoms with Crippen molar-refractivity contribution in [3.63, 3.8) is 0 Å². The van der Waals surface area contributed by atoms with Crippen LogP contribution in [0, 0.1) is 11.8 Å². The van der Waals surface area contributed by atoms with Gasteiger partial charge in [0, 0.05) is 25.3 Å². The molecule has 0 aromatic heterocycles. The third-order valence-electron chi connectivity index (χ3n) is 5.60. The van der Waals surface area contributed by atoms with E-state index in [0.717, 1.165) is 36.7 Å². The van der Waals surface area contributed by atoms with Crippen molar-refractivity contribution in [2.45, 2.75) is 39.0 Å². The number of halogens is 2. The molecule has 1 atom stereocenters. The van der Waals surface area contributed by atoms with E-state index < -0.39 is 0 Å². The van der Waals surface area contributed by atoms with Gasteiger partial charge in [-0.3, -0.25) is 4.79 Å². The zero-order chi connectivity index (χ0) is 16.9. The number of nitrogen functional groups attached to an aromatic ring is 1. The van der Waals surface area contributed by atoms with Crippen LogP contribution in [0.3, 0.4) is 0 Å². The summed E-state index contributed by atoms with van der Waals surface area (Å²) in [7, 11) is 0. The van der Waals surface area contributed by atoms with Crippen molar-refractivity contribution in [2.24, 2.45) is 11.8 Å². The molecule has 148 valence electrons. The summed E-state index contributed by atoms with van der Waals surface area (Å²) in [4.78, 5) is 17.3. The summed E-state index contributed by atoms with van der Waals surface area (Å²) in [6, 6.07) is 7.67. The number of anilines is 1. The van der Waals surface area contributed by atoms with Gasteiger partial charge in [0.15, 0.2) is 0 Å². The van der Waals surface area contributed by atoms with Crippen LogP contribution in [0.2, 0.25) is 0 Å². The van der Waals surface area contributed by atoms with Gasteiger partial charge in [0.25, 0.3) is 0 Å². The van der Waals surface area contributed by atoms with Crippen molar-refractivity contribution in [2.75, 3.05) is 38.5 Å². The second-order valence-corrected chi connectivity index (χ2v) is 7.75. The molecule has 4 nitrogen and oxygen atoms in total. The van der Waals surface area contributed by atoms with E-state index in [1.54, 1.807) is 0 Å². The summed E-state index contributed by atoms with van der Waals surface area (Å²) in [5.74, 6) is 1.78. The number of piperidine rings is 2. The topological polar surface area (TPSA) is 49.6 Å². The summed E-state index contributed by atoms with van der Waals surface area (Å²) >= 11 is 0. The quantitative estimate of drug-likeness (QED) is 0.783. The van der Waals surface area contributed by atoms with Gasteiger partial charge < -0.3 is 15.5 Å². The third-order valence-corrected chi connectivity index (χ3v) is 5.60. The summed E-state index contributed by atoms with van der Waals surface area (Å²) in [5.41, 5.74) is 7.52. The summed E-state index contributed by atoms with van der Waals surface area (Å²) in [6.07, 6.45) is 5.55. The first-order valence-corrected chi connectivity index (χ1v) is 9.44. The molecule has 2 aliphatic heterocycles. The van der Waals surface area contributed by atoms with Gasteiger partial charge in [-0.15, -0.1) is 24.8 Å². The maximum atomic E-state index is 12.6. The number of nitrogens with zero attached hydrogens (tertiary/aromatic N) is 2. The Balaban J connectivity index is 0.00000169. The zero-order valence-electron chi connectivity index (χ0n) is 15.7. The van der Waals surface area contributed by atoms with Crippen molar-refractivity contribution < 1.29 is 4.79 Å². The molecule has 0 radical (unpaired) electrons. The molecule has 0 saturated carbocycles. The van der Waals surface area contributed by atoms with Gasteiger partial charge in [0.2, 0.25) is 5.91 Å². The standard InChI is InChI=1S/C20H31N3O.2ClH/c1-16-8-11-22(12-9-16)14-18-3-2-10-23(15-18)20(24)13-17-4-6-19(21)7-5-17;;/h4-7,16,18H,2-3,8-15,21H2,1H3;2*1H. The van der Waals surface area contributed by atoms with E-state index in [0.29, 0.717) is 12.3 Å². The van der Waals surface area contributed by atoms with Crippen LogP contribution in [0.25, 0.3) is 0 Å². The van der Waals surface area contributed by atoms with Gasteiger partial charge in [0.05, 0.1) is 6.42 Å². The lowest BCUT2D eigenvalue weighted by Crippen LogP contribution is -2.45. The Morgan fingerprint density at radius 1 is 1.08 bits per heavy atom. The van der Waals surface area contributed by atoms with Gasteiger partial charge in [-0.2, -0.15) is 0 Å². The summed E-state index contributed by atoms with van der Waals surface area (Å²) in [5, 5.41) is 0. The number of hydrogen-bond donors (Lipinski definition) is 1. The molecule has 0 spiro atoms. The van der Waals surface area contributed by atoms with Gasteiger partial charge in [-0.1, -0.05) is 19.1 Å². The minimum Gasteiger partial charge on any atom is -0.399 e. The molecule has 1 aromatic rings. The number of benzene rings is 1. The fraction of sp³-hybridized carbons (Fsp3) is 0.650. The lowest BCUT2D eigenvalue weighted by atomic mass is 9.94. The van der Waals surface area contributed by atoms with Gasteiger partial charge >= 0.3 is 0 Å². The zero-order valence-corrected chi connectivity index (χ0v) is 17.4. The molecule has 2 heterocycles. The smallest absolute Gasteiger partial charge is 0.226 e. The molecular weight excluding hydrogens is 369 g/mol. The lowest BCUT2D eigenvalue weighted by molar-refractivity contribution is -0.132. The van der Waals surface area contributed by atoms with E-state index in [2.05, 4.69) is 16.7 Å². The molecule has 2 fully saturated rings. The molecule has 6 heteroatoms. The number of rotatable bonds is 4. The predicted octanol–water partition coefficient (Wildman–Crippen LogP) is 3.63. The van der Waals surface area contributed by atoms with Crippen molar-refractivity contribution >= 4 is 36.4 Å². The average molecular weight is 402 g/mol. The molecule has 1 unspecified atom stereocenters. The number of hydrogen-bond acceptors (Lipinski definition) is 3. The van der Waals surface area contributed by atoms with E-state index in [9.17, 15) is 4.79 Å². The van der Waals surface area contributed by atoms with Gasteiger partial charge in [-0.05, 0) is 68.3 Å². The molecule has 1 aromatic carbocycles. The fourth-order valence-electron chi connectivity index (χ4n) is 3.97. The minimum atomic E-state index is 0. The van der Waals surface area contributed by atoms with Crippen LogP contribution in [0.15, 0.2) is 24.3 Å². The monoisotopic (exact) mass is 401 g/mol. The van der Waals surface area contributed by atoms with Crippen LogP contribution in [-0.4, -0.2) is 48.4 Å². The second-order valence-electron chi connectivity index (χ2n) is 7.75. The molecule has 0 aliphatic carbocycles. The number of likely N-dealkylation sites (tertiary alicyclic amines) is 2. The highest BCUT2D eigenvalue weighted by molar-refractivity contribution is 5.85. The number of carbonyl (C=O) groups excluding carboxylic acids is 1. The molecule has 1 amide bonds. The first-order chi connectivity index (χ1) is 11.6. The summed E-state index contributed by atoms with van der Waals surface area (Å²) in [6.45, 7) is 7.84. The van der Waals surface area contributed by atoms with Crippen LogP contribution < -0.4 is 5.73 Å². The highest BCUT2D eigenvalue weighted by Gasteiger charge is 2.26. The Bertz CT molecular complexity index is 544. The minimum absolute atomic E-state index is 0. The van der Waals surface area contributed by atoms with E-state index in [4.69, 9.17) is 5.73 Å². The summed E-state index contributed by atoms with van der Waals surface area (Å²) < 4.78 is 0. The predicted molar refractivity (Wildman–Crippen MR) is 113 cm³/mol. The largest absolute Gasteiger partial charge is 0.399 e. The Morgan fingerprint density at radius 2 is 1.73 bits per heavy atom. The van der Waals surface area contributed by atoms with Crippen molar-refractivity contribution in [3.8, 4) is 0 Å². The molecule has 26 heavy (non-hydrogen) atoms. The van der Waals surface area contributed by atoms with Gasteiger partial charge in [0.1, 0.15) is 0 Å². The third kappa shape index (κ3) is 6.64. The normalized spacial score (nSPS) is 21.6. The van der Waals surface area contributed by atoms with E-state index in [1.165, 1.54) is 38.9 Å². The van der Waals surface area contributed by atoms with Crippen molar-refractivity contribution in [1.82, 2.24) is 9.80 Å². The van der Waals surface area contributed by atoms with Crippen LogP contribution in [0.4, 0.5) is 5.69 Å². The van der Waals surface area contributed by atoms with Crippen LogP contribution >= 0.6 is 24.8 Å². The number of nitrogens with two attached hydrogens (primary N) is 1. The maximum Gasteiger partial charge on any atom is 0.226 e. The molecule has 3 rings (SSSR count). The van der Waals surface area contributed by atoms with Crippen LogP contribution in [0.1, 0.15) is 38.2 Å².